The van der Waals surface area contributed by atoms with Crippen molar-refractivity contribution in [2.24, 2.45) is 0 Å². The predicted octanol–water partition coefficient (Wildman–Crippen LogP) is 2.09. The number of pyridine rings is 1. The van der Waals surface area contributed by atoms with E-state index in [-0.39, 0.29) is 29.2 Å². The van der Waals surface area contributed by atoms with E-state index in [0.29, 0.717) is 0 Å². The van der Waals surface area contributed by atoms with Crippen molar-refractivity contribution in [3.05, 3.63) is 23.0 Å². The minimum atomic E-state index is -2.70. The van der Waals surface area contributed by atoms with Crippen molar-refractivity contribution in [1.29, 1.82) is 0 Å². The van der Waals surface area contributed by atoms with Crippen molar-refractivity contribution in [3.63, 3.8) is 0 Å². The van der Waals surface area contributed by atoms with Crippen LogP contribution in [0.2, 0.25) is 0 Å². The van der Waals surface area contributed by atoms with E-state index in [9.17, 15) is 13.6 Å². The van der Waals surface area contributed by atoms with Gasteiger partial charge in [0, 0.05) is 11.4 Å². The van der Waals surface area contributed by atoms with Gasteiger partial charge < -0.3 is 10.5 Å². The summed E-state index contributed by atoms with van der Waals surface area (Å²) in [6, 6.07) is 1.10. The minimum absolute atomic E-state index is 0.0399. The normalized spacial score (nSPS) is 10.6. The van der Waals surface area contributed by atoms with E-state index < -0.39 is 12.4 Å². The number of nitrogens with two attached hydrogens (primary N) is 1. The summed E-state index contributed by atoms with van der Waals surface area (Å²) in [5.41, 5.74) is 4.93. The van der Waals surface area contributed by atoms with Gasteiger partial charge in [-0.05, 0) is 19.9 Å². The summed E-state index contributed by atoms with van der Waals surface area (Å²) in [5, 5.41) is 0. The molecule has 88 valence electrons. The quantitative estimate of drug-likeness (QED) is 0.807. The first-order valence-corrected chi connectivity index (χ1v) is 4.69. The third-order valence-corrected chi connectivity index (χ3v) is 1.98. The molecule has 0 aromatic carbocycles. The molecule has 0 aliphatic heterocycles. The van der Waals surface area contributed by atoms with Gasteiger partial charge in [0.05, 0.1) is 12.2 Å². The molecule has 0 aliphatic carbocycles. The molecule has 0 saturated carbocycles. The summed E-state index contributed by atoms with van der Waals surface area (Å²) >= 11 is 0. The molecule has 0 spiro atoms. The summed E-state index contributed by atoms with van der Waals surface area (Å²) in [5.74, 6) is -0.668. The molecule has 0 atom stereocenters. The van der Waals surface area contributed by atoms with E-state index in [1.54, 1.807) is 6.92 Å². The van der Waals surface area contributed by atoms with Crippen molar-refractivity contribution >= 4 is 11.7 Å². The molecule has 1 rings (SSSR count). The van der Waals surface area contributed by atoms with E-state index in [4.69, 9.17) is 10.5 Å². The van der Waals surface area contributed by atoms with Gasteiger partial charge in [-0.25, -0.2) is 18.6 Å². The molecule has 1 aromatic rings. The highest BCUT2D eigenvalue weighted by Crippen LogP contribution is 2.27. The zero-order valence-corrected chi connectivity index (χ0v) is 8.96. The second-order valence-corrected chi connectivity index (χ2v) is 3.12. The Morgan fingerprint density at radius 3 is 2.69 bits per heavy atom. The van der Waals surface area contributed by atoms with Crippen LogP contribution >= 0.6 is 0 Å². The number of aryl methyl sites for hydroxylation is 1. The number of aromatic nitrogens is 1. The summed E-state index contributed by atoms with van der Waals surface area (Å²) < 4.78 is 29.8. The predicted molar refractivity (Wildman–Crippen MR) is 54.3 cm³/mol. The number of carbonyl (C=O) groups is 1. The number of esters is 1. The van der Waals surface area contributed by atoms with Gasteiger partial charge in [0.2, 0.25) is 0 Å². The molecule has 0 bridgehead atoms. The van der Waals surface area contributed by atoms with Crippen LogP contribution in [0.4, 0.5) is 14.5 Å². The second-order valence-electron chi connectivity index (χ2n) is 3.12. The average molecular weight is 230 g/mol. The molecular weight excluding hydrogens is 218 g/mol. The Morgan fingerprint density at radius 1 is 1.62 bits per heavy atom. The summed E-state index contributed by atoms with van der Waals surface area (Å²) in [6.45, 7) is 3.21. The number of rotatable bonds is 3. The van der Waals surface area contributed by atoms with E-state index in [1.165, 1.54) is 6.92 Å². The van der Waals surface area contributed by atoms with Crippen LogP contribution in [-0.4, -0.2) is 17.6 Å². The maximum absolute atomic E-state index is 12.5. The van der Waals surface area contributed by atoms with E-state index >= 15 is 0 Å². The monoisotopic (exact) mass is 230 g/mol. The first kappa shape index (κ1) is 12.4. The van der Waals surface area contributed by atoms with Crippen LogP contribution in [-0.2, 0) is 4.74 Å². The Kier molecular flexibility index (Phi) is 3.76. The maximum atomic E-state index is 12.5. The van der Waals surface area contributed by atoms with Crippen LogP contribution in [0.3, 0.4) is 0 Å². The number of halogens is 2. The van der Waals surface area contributed by atoms with Crippen LogP contribution in [0.1, 0.15) is 35.1 Å². The number of nitrogen functional groups attached to an aromatic ring is 1. The maximum Gasteiger partial charge on any atom is 0.356 e. The Balaban J connectivity index is 3.14. The van der Waals surface area contributed by atoms with E-state index in [2.05, 4.69) is 4.98 Å². The minimum Gasteiger partial charge on any atom is -0.461 e. The van der Waals surface area contributed by atoms with Gasteiger partial charge in [-0.2, -0.15) is 0 Å². The molecular formula is C10H12F2N2O2. The second kappa shape index (κ2) is 4.87. The zero-order chi connectivity index (χ0) is 12.3. The molecule has 0 amide bonds. The lowest BCUT2D eigenvalue weighted by atomic mass is 10.1. The lowest BCUT2D eigenvalue weighted by Gasteiger charge is -2.09. The van der Waals surface area contributed by atoms with Gasteiger partial charge >= 0.3 is 5.97 Å². The summed E-state index contributed by atoms with van der Waals surface area (Å²) in [7, 11) is 0. The van der Waals surface area contributed by atoms with Crippen LogP contribution in [0.15, 0.2) is 6.07 Å². The van der Waals surface area contributed by atoms with Gasteiger partial charge in [-0.1, -0.05) is 0 Å². The Labute approximate surface area is 91.4 Å². The fourth-order valence-electron chi connectivity index (χ4n) is 1.30. The highest BCUT2D eigenvalue weighted by atomic mass is 19.3. The van der Waals surface area contributed by atoms with Crippen molar-refractivity contribution in [2.75, 3.05) is 12.3 Å². The summed E-state index contributed by atoms with van der Waals surface area (Å²) in [4.78, 5) is 15.0. The third kappa shape index (κ3) is 2.44. The van der Waals surface area contributed by atoms with Crippen molar-refractivity contribution in [2.45, 2.75) is 20.3 Å². The molecule has 1 aromatic heterocycles. The molecule has 0 unspecified atom stereocenters. The molecule has 0 saturated heterocycles. The molecule has 6 heteroatoms. The standard InChI is InChI=1S/C10H12F2N2O2/c1-3-16-10(15)7-4-6(13)8(9(11)12)5(2)14-7/h4,9H,3H2,1-2H3,(H2,13,14). The highest BCUT2D eigenvalue weighted by molar-refractivity contribution is 5.88. The largest absolute Gasteiger partial charge is 0.461 e. The number of ether oxygens (including phenoxy) is 1. The Morgan fingerprint density at radius 2 is 2.25 bits per heavy atom. The number of alkyl halides is 2. The van der Waals surface area contributed by atoms with Gasteiger partial charge in [0.15, 0.2) is 5.69 Å². The average Bonchev–Trinajstić information content (AvgIpc) is 2.16. The molecule has 0 aliphatic rings. The van der Waals surface area contributed by atoms with Gasteiger partial charge in [0.25, 0.3) is 6.43 Å². The number of nitrogens with zero attached hydrogens (tertiary/aromatic N) is 1. The zero-order valence-electron chi connectivity index (χ0n) is 8.96. The molecule has 0 radical (unpaired) electrons. The fourth-order valence-corrected chi connectivity index (χ4v) is 1.30. The molecule has 1 heterocycles. The molecule has 0 fully saturated rings. The Bertz CT molecular complexity index is 385. The third-order valence-electron chi connectivity index (χ3n) is 1.98. The number of carbonyl (C=O) groups excluding carboxylic acids is 1. The summed E-state index contributed by atoms with van der Waals surface area (Å²) in [6.07, 6.45) is -2.70. The van der Waals surface area contributed by atoms with Crippen molar-refractivity contribution < 1.29 is 18.3 Å². The van der Waals surface area contributed by atoms with Crippen molar-refractivity contribution in [1.82, 2.24) is 4.98 Å². The molecule has 16 heavy (non-hydrogen) atoms. The number of hydrogen-bond donors (Lipinski definition) is 1. The lowest BCUT2D eigenvalue weighted by Crippen LogP contribution is -2.11. The first-order valence-electron chi connectivity index (χ1n) is 4.69. The lowest BCUT2D eigenvalue weighted by molar-refractivity contribution is 0.0518. The SMILES string of the molecule is CCOC(=O)c1cc(N)c(C(F)F)c(C)n1. The van der Waals surface area contributed by atoms with Crippen LogP contribution < -0.4 is 5.73 Å². The Hall–Kier alpha value is -1.72. The van der Waals surface area contributed by atoms with Gasteiger partial charge in [-0.15, -0.1) is 0 Å². The van der Waals surface area contributed by atoms with Gasteiger partial charge in [0.1, 0.15) is 0 Å². The fraction of sp³-hybridized carbons (Fsp3) is 0.400. The van der Waals surface area contributed by atoms with Crippen LogP contribution in [0.25, 0.3) is 0 Å². The highest BCUT2D eigenvalue weighted by Gasteiger charge is 2.19. The van der Waals surface area contributed by atoms with Crippen LogP contribution in [0.5, 0.6) is 0 Å². The molecule has 2 N–H and O–H groups in total. The van der Waals surface area contributed by atoms with E-state index in [0.717, 1.165) is 6.07 Å². The van der Waals surface area contributed by atoms with Crippen LogP contribution in [0, 0.1) is 6.92 Å². The topological polar surface area (TPSA) is 65.2 Å². The van der Waals surface area contributed by atoms with Crippen molar-refractivity contribution in [3.8, 4) is 0 Å². The van der Waals surface area contributed by atoms with Gasteiger partial charge in [-0.3, -0.25) is 0 Å². The molecule has 4 nitrogen and oxygen atoms in total. The first-order chi connectivity index (χ1) is 7.47. The number of hydrogen-bond acceptors (Lipinski definition) is 4. The van der Waals surface area contributed by atoms with E-state index in [1.807, 2.05) is 0 Å². The smallest absolute Gasteiger partial charge is 0.356 e. The number of anilines is 1.